The van der Waals surface area contributed by atoms with Crippen LogP contribution in [0.3, 0.4) is 0 Å². The molecule has 2 unspecified atom stereocenters. The van der Waals surface area contributed by atoms with Crippen molar-refractivity contribution in [3.05, 3.63) is 51.2 Å². The molecule has 5 nitrogen and oxygen atoms in total. The number of amides is 1. The van der Waals surface area contributed by atoms with Crippen LogP contribution in [-0.4, -0.2) is 23.6 Å². The smallest absolute Gasteiger partial charge is 0.341 e. The van der Waals surface area contributed by atoms with Crippen LogP contribution >= 0.6 is 22.9 Å². The van der Waals surface area contributed by atoms with Crippen molar-refractivity contribution in [3.63, 3.8) is 0 Å². The van der Waals surface area contributed by atoms with Gasteiger partial charge in [0.05, 0.1) is 16.3 Å². The van der Waals surface area contributed by atoms with Gasteiger partial charge in [-0.2, -0.15) is 0 Å². The molecule has 1 aromatic carbocycles. The maximum Gasteiger partial charge on any atom is 0.341 e. The summed E-state index contributed by atoms with van der Waals surface area (Å²) in [4.78, 5) is 23.7. The number of thiophene rings is 1. The number of aliphatic carboxylic acids is 1. The molecular formula is C17H18ClNO4S. The summed E-state index contributed by atoms with van der Waals surface area (Å²) in [7, 11) is 0. The number of rotatable bonds is 7. The molecule has 0 saturated carbocycles. The third-order valence-corrected chi connectivity index (χ3v) is 4.93. The Morgan fingerprint density at radius 2 is 1.88 bits per heavy atom. The van der Waals surface area contributed by atoms with Crippen LogP contribution < -0.4 is 10.1 Å². The van der Waals surface area contributed by atoms with Crippen molar-refractivity contribution in [2.75, 3.05) is 6.61 Å². The maximum absolute atomic E-state index is 12.3. The van der Waals surface area contributed by atoms with E-state index >= 15 is 0 Å². The molecule has 0 aliphatic heterocycles. The number of carboxylic acid groups (broad SMARTS) is 1. The van der Waals surface area contributed by atoms with Gasteiger partial charge in [0.25, 0.3) is 0 Å². The van der Waals surface area contributed by atoms with E-state index in [-0.39, 0.29) is 24.5 Å². The highest BCUT2D eigenvalue weighted by Gasteiger charge is 2.19. The quantitative estimate of drug-likeness (QED) is 0.779. The van der Waals surface area contributed by atoms with Crippen molar-refractivity contribution in [1.29, 1.82) is 0 Å². The summed E-state index contributed by atoms with van der Waals surface area (Å²) in [6.45, 7) is 3.35. The molecule has 0 bridgehead atoms. The maximum atomic E-state index is 12.3. The molecule has 0 aliphatic carbocycles. The number of hydrogen-bond acceptors (Lipinski definition) is 4. The average Bonchev–Trinajstić information content (AvgIpc) is 2.99. The lowest BCUT2D eigenvalue weighted by Crippen LogP contribution is -2.30. The lowest BCUT2D eigenvalue weighted by Gasteiger charge is -2.17. The van der Waals surface area contributed by atoms with Gasteiger partial charge >= 0.3 is 5.97 Å². The summed E-state index contributed by atoms with van der Waals surface area (Å²) >= 11 is 7.31. The minimum absolute atomic E-state index is 0.0766. The summed E-state index contributed by atoms with van der Waals surface area (Å²) in [5.41, 5.74) is 0.905. The van der Waals surface area contributed by atoms with E-state index in [1.54, 1.807) is 30.3 Å². The zero-order chi connectivity index (χ0) is 17.7. The van der Waals surface area contributed by atoms with Crippen LogP contribution in [0.1, 0.15) is 36.2 Å². The van der Waals surface area contributed by atoms with E-state index in [9.17, 15) is 9.59 Å². The van der Waals surface area contributed by atoms with Gasteiger partial charge in [-0.15, -0.1) is 11.3 Å². The molecule has 1 amide bonds. The Morgan fingerprint density at radius 1 is 1.21 bits per heavy atom. The summed E-state index contributed by atoms with van der Waals surface area (Å²) in [6.07, 6.45) is 0. The Labute approximate surface area is 149 Å². The van der Waals surface area contributed by atoms with Crippen LogP contribution in [0.5, 0.6) is 5.75 Å². The molecular weight excluding hydrogens is 350 g/mol. The summed E-state index contributed by atoms with van der Waals surface area (Å²) in [6, 6.07) is 10.4. The molecule has 0 saturated heterocycles. The van der Waals surface area contributed by atoms with Gasteiger partial charge in [-0.25, -0.2) is 4.79 Å². The second-order valence-electron chi connectivity index (χ2n) is 5.35. The second-order valence-corrected chi connectivity index (χ2v) is 7.09. The minimum Gasteiger partial charge on any atom is -0.482 e. The van der Waals surface area contributed by atoms with Crippen LogP contribution in [0.25, 0.3) is 0 Å². The van der Waals surface area contributed by atoms with Crippen molar-refractivity contribution in [1.82, 2.24) is 5.32 Å². The number of nitrogens with one attached hydrogen (secondary N) is 1. The van der Waals surface area contributed by atoms with Gasteiger partial charge in [0.15, 0.2) is 6.61 Å². The first-order chi connectivity index (χ1) is 11.4. The van der Waals surface area contributed by atoms with Gasteiger partial charge < -0.3 is 15.2 Å². The Hall–Kier alpha value is -2.05. The Morgan fingerprint density at radius 3 is 2.42 bits per heavy atom. The van der Waals surface area contributed by atoms with E-state index in [4.69, 9.17) is 21.4 Å². The van der Waals surface area contributed by atoms with Gasteiger partial charge in [0.2, 0.25) is 5.91 Å². The zero-order valence-electron chi connectivity index (χ0n) is 13.3. The SMILES string of the molecule is CC(NC(=O)C(C)c1ccc(Cl)s1)c1ccc(OCC(=O)O)cc1. The van der Waals surface area contributed by atoms with Crippen LogP contribution in [-0.2, 0) is 9.59 Å². The molecule has 7 heteroatoms. The highest BCUT2D eigenvalue weighted by atomic mass is 35.5. The van der Waals surface area contributed by atoms with E-state index in [2.05, 4.69) is 5.32 Å². The molecule has 1 heterocycles. The number of benzene rings is 1. The number of halogens is 1. The molecule has 0 aliphatic rings. The van der Waals surface area contributed by atoms with Crippen molar-refractivity contribution in [2.45, 2.75) is 25.8 Å². The van der Waals surface area contributed by atoms with Crippen LogP contribution in [0.4, 0.5) is 0 Å². The topological polar surface area (TPSA) is 75.6 Å². The van der Waals surface area contributed by atoms with Gasteiger partial charge in [-0.1, -0.05) is 23.7 Å². The summed E-state index contributed by atoms with van der Waals surface area (Å²) in [5.74, 6) is -0.904. The molecule has 1 aromatic heterocycles. The molecule has 24 heavy (non-hydrogen) atoms. The van der Waals surface area contributed by atoms with Gasteiger partial charge in [-0.3, -0.25) is 4.79 Å². The fourth-order valence-electron chi connectivity index (χ4n) is 2.11. The molecule has 0 fully saturated rings. The Kier molecular flexibility index (Phi) is 6.23. The van der Waals surface area contributed by atoms with E-state index in [0.717, 1.165) is 10.4 Å². The van der Waals surface area contributed by atoms with Gasteiger partial charge in [0, 0.05) is 4.88 Å². The van der Waals surface area contributed by atoms with E-state index < -0.39 is 5.97 Å². The second kappa shape index (κ2) is 8.17. The number of carbonyl (C=O) groups is 2. The van der Waals surface area contributed by atoms with Crippen LogP contribution in [0.2, 0.25) is 4.34 Å². The first-order valence-electron chi connectivity index (χ1n) is 7.37. The highest BCUT2D eigenvalue weighted by Crippen LogP contribution is 2.28. The predicted molar refractivity (Wildman–Crippen MR) is 93.9 cm³/mol. The Balaban J connectivity index is 1.94. The van der Waals surface area contributed by atoms with Gasteiger partial charge in [0.1, 0.15) is 5.75 Å². The Bertz CT molecular complexity index is 714. The first kappa shape index (κ1) is 18.3. The normalized spacial score (nSPS) is 13.1. The van der Waals surface area contributed by atoms with Crippen molar-refractivity contribution in [3.8, 4) is 5.75 Å². The monoisotopic (exact) mass is 367 g/mol. The molecule has 0 radical (unpaired) electrons. The first-order valence-corrected chi connectivity index (χ1v) is 8.56. The van der Waals surface area contributed by atoms with Crippen molar-refractivity contribution < 1.29 is 19.4 Å². The highest BCUT2D eigenvalue weighted by molar-refractivity contribution is 7.16. The van der Waals surface area contributed by atoms with Crippen LogP contribution in [0, 0.1) is 0 Å². The van der Waals surface area contributed by atoms with Gasteiger partial charge in [-0.05, 0) is 43.7 Å². The third-order valence-electron chi connectivity index (χ3n) is 3.52. The van der Waals surface area contributed by atoms with E-state index in [1.165, 1.54) is 11.3 Å². The number of carboxylic acids is 1. The van der Waals surface area contributed by atoms with Crippen molar-refractivity contribution >= 4 is 34.8 Å². The molecule has 0 spiro atoms. The fourth-order valence-corrected chi connectivity index (χ4v) is 3.22. The number of ether oxygens (including phenoxy) is 1. The lowest BCUT2D eigenvalue weighted by atomic mass is 10.1. The number of hydrogen-bond donors (Lipinski definition) is 2. The minimum atomic E-state index is -1.03. The molecule has 128 valence electrons. The number of carbonyl (C=O) groups excluding carboxylic acids is 1. The predicted octanol–water partition coefficient (Wildman–Crippen LogP) is 3.85. The van der Waals surface area contributed by atoms with Crippen LogP contribution in [0.15, 0.2) is 36.4 Å². The molecule has 2 aromatic rings. The lowest BCUT2D eigenvalue weighted by molar-refractivity contribution is -0.139. The molecule has 2 N–H and O–H groups in total. The largest absolute Gasteiger partial charge is 0.482 e. The molecule has 2 atom stereocenters. The fraction of sp³-hybridized carbons (Fsp3) is 0.294. The third kappa shape index (κ3) is 4.97. The van der Waals surface area contributed by atoms with E-state index in [0.29, 0.717) is 10.1 Å². The summed E-state index contributed by atoms with van der Waals surface area (Å²) in [5, 5.41) is 11.5. The zero-order valence-corrected chi connectivity index (χ0v) is 14.9. The summed E-state index contributed by atoms with van der Waals surface area (Å²) < 4.78 is 5.75. The van der Waals surface area contributed by atoms with Crippen molar-refractivity contribution in [2.24, 2.45) is 0 Å². The standard InChI is InChI=1S/C17H18ClNO4S/c1-10(14-7-8-15(18)24-14)17(22)19-11(2)12-3-5-13(6-4-12)23-9-16(20)21/h3-8,10-11H,9H2,1-2H3,(H,19,22)(H,20,21). The average molecular weight is 368 g/mol. The molecule has 2 rings (SSSR count). The van der Waals surface area contributed by atoms with E-state index in [1.807, 2.05) is 19.9 Å².